The number of hydrogen-bond acceptors (Lipinski definition) is 4. The van der Waals surface area contributed by atoms with Crippen LogP contribution < -0.4 is 5.32 Å². The largest absolute Gasteiger partial charge is 0.374 e. The zero-order valence-corrected chi connectivity index (χ0v) is 13.0. The van der Waals surface area contributed by atoms with Crippen molar-refractivity contribution in [2.24, 2.45) is 5.92 Å². The summed E-state index contributed by atoms with van der Waals surface area (Å²) in [6, 6.07) is 2.82. The van der Waals surface area contributed by atoms with Crippen molar-refractivity contribution in [1.82, 2.24) is 10.2 Å². The van der Waals surface area contributed by atoms with E-state index < -0.39 is 0 Å². The molecular formula is C16H22N2O2S. The summed E-state index contributed by atoms with van der Waals surface area (Å²) in [7, 11) is 0. The molecule has 3 fully saturated rings. The van der Waals surface area contributed by atoms with E-state index in [0.717, 1.165) is 39.0 Å². The van der Waals surface area contributed by atoms with Crippen LogP contribution in [0, 0.1) is 5.92 Å². The molecule has 4 nitrogen and oxygen atoms in total. The van der Waals surface area contributed by atoms with Gasteiger partial charge in [0.1, 0.15) is 0 Å². The van der Waals surface area contributed by atoms with E-state index >= 15 is 0 Å². The highest BCUT2D eigenvalue weighted by Gasteiger charge is 2.45. The van der Waals surface area contributed by atoms with E-state index in [-0.39, 0.29) is 24.0 Å². The van der Waals surface area contributed by atoms with Crippen molar-refractivity contribution in [3.05, 3.63) is 22.4 Å². The van der Waals surface area contributed by atoms with Gasteiger partial charge in [-0.05, 0) is 48.1 Å². The van der Waals surface area contributed by atoms with Crippen LogP contribution in [0.4, 0.5) is 0 Å². The third-order valence-corrected chi connectivity index (χ3v) is 5.60. The SMILES string of the molecule is O=C(N[C@@H]1CN(Cc2ccsc2)[C@@H]2CCCO[C@@H]21)C1CC1. The van der Waals surface area contributed by atoms with Crippen LogP contribution in [0.25, 0.3) is 0 Å². The molecule has 114 valence electrons. The summed E-state index contributed by atoms with van der Waals surface area (Å²) in [6.45, 7) is 2.73. The molecule has 0 spiro atoms. The fraction of sp³-hybridized carbons (Fsp3) is 0.688. The Labute approximate surface area is 129 Å². The Balaban J connectivity index is 1.45. The number of nitrogens with one attached hydrogen (secondary N) is 1. The molecule has 0 unspecified atom stereocenters. The van der Waals surface area contributed by atoms with E-state index in [4.69, 9.17) is 4.74 Å². The maximum atomic E-state index is 12.1. The quantitative estimate of drug-likeness (QED) is 0.925. The molecule has 1 amide bonds. The number of nitrogens with zero attached hydrogens (tertiary/aromatic N) is 1. The van der Waals surface area contributed by atoms with Crippen LogP contribution in [0.1, 0.15) is 31.2 Å². The smallest absolute Gasteiger partial charge is 0.223 e. The molecule has 21 heavy (non-hydrogen) atoms. The van der Waals surface area contributed by atoms with Crippen LogP contribution in [0.5, 0.6) is 0 Å². The van der Waals surface area contributed by atoms with Crippen molar-refractivity contribution in [2.75, 3.05) is 13.2 Å². The maximum Gasteiger partial charge on any atom is 0.223 e. The maximum absolute atomic E-state index is 12.1. The van der Waals surface area contributed by atoms with Crippen LogP contribution in [-0.4, -0.2) is 42.1 Å². The van der Waals surface area contributed by atoms with Crippen molar-refractivity contribution in [1.29, 1.82) is 0 Å². The summed E-state index contributed by atoms with van der Waals surface area (Å²) in [5.41, 5.74) is 1.37. The zero-order chi connectivity index (χ0) is 14.2. The summed E-state index contributed by atoms with van der Waals surface area (Å²) >= 11 is 1.75. The van der Waals surface area contributed by atoms with Gasteiger partial charge in [-0.25, -0.2) is 0 Å². The molecule has 2 aliphatic heterocycles. The minimum Gasteiger partial charge on any atom is -0.374 e. The Hall–Kier alpha value is -0.910. The van der Waals surface area contributed by atoms with Crippen molar-refractivity contribution >= 4 is 17.2 Å². The number of rotatable bonds is 4. The lowest BCUT2D eigenvalue weighted by Crippen LogP contribution is -2.48. The van der Waals surface area contributed by atoms with Gasteiger partial charge in [-0.15, -0.1) is 0 Å². The van der Waals surface area contributed by atoms with Gasteiger partial charge in [0, 0.05) is 31.7 Å². The standard InChI is InChI=1S/C16H22N2O2S/c19-16(12-3-4-12)17-13-9-18(8-11-5-7-21-10-11)14-2-1-6-20-15(13)14/h5,7,10,12-15H,1-4,6,8-9H2,(H,17,19)/t13-,14-,15-/m1/s1. The Kier molecular flexibility index (Phi) is 3.73. The normalized spacial score (nSPS) is 32.9. The number of carbonyl (C=O) groups excluding carboxylic acids is 1. The van der Waals surface area contributed by atoms with Gasteiger partial charge in [-0.3, -0.25) is 9.69 Å². The van der Waals surface area contributed by atoms with Crippen LogP contribution in [0.2, 0.25) is 0 Å². The first-order chi connectivity index (χ1) is 10.3. The predicted octanol–water partition coefficient (Wildman–Crippen LogP) is 2.01. The second-order valence-corrected chi connectivity index (χ2v) is 7.28. The van der Waals surface area contributed by atoms with Crippen LogP contribution in [-0.2, 0) is 16.1 Å². The molecule has 3 atom stereocenters. The highest BCUT2D eigenvalue weighted by Crippen LogP contribution is 2.33. The van der Waals surface area contributed by atoms with Gasteiger partial charge in [0.25, 0.3) is 0 Å². The van der Waals surface area contributed by atoms with E-state index in [1.54, 1.807) is 11.3 Å². The number of fused-ring (bicyclic) bond motifs is 1. The van der Waals surface area contributed by atoms with E-state index in [0.29, 0.717) is 6.04 Å². The highest BCUT2D eigenvalue weighted by atomic mass is 32.1. The highest BCUT2D eigenvalue weighted by molar-refractivity contribution is 7.07. The monoisotopic (exact) mass is 306 g/mol. The van der Waals surface area contributed by atoms with Gasteiger partial charge < -0.3 is 10.1 Å². The Morgan fingerprint density at radius 3 is 3.10 bits per heavy atom. The van der Waals surface area contributed by atoms with Gasteiger partial charge in [0.2, 0.25) is 5.91 Å². The summed E-state index contributed by atoms with van der Waals surface area (Å²) in [5.74, 6) is 0.517. The van der Waals surface area contributed by atoms with Crippen LogP contribution in [0.3, 0.4) is 0 Å². The lowest BCUT2D eigenvalue weighted by atomic mass is 10.0. The summed E-state index contributed by atoms with van der Waals surface area (Å²) in [6.07, 6.45) is 4.62. The fourth-order valence-corrected chi connectivity index (χ4v) is 4.29. The molecule has 4 rings (SSSR count). The lowest BCUT2D eigenvalue weighted by molar-refractivity contribution is -0.124. The molecule has 0 aromatic carbocycles. The lowest BCUT2D eigenvalue weighted by Gasteiger charge is -2.32. The number of ether oxygens (including phenoxy) is 1. The molecule has 3 heterocycles. The number of carbonyl (C=O) groups is 1. The van der Waals surface area contributed by atoms with E-state index in [9.17, 15) is 4.79 Å². The van der Waals surface area contributed by atoms with Crippen molar-refractivity contribution in [3.8, 4) is 0 Å². The van der Waals surface area contributed by atoms with Gasteiger partial charge in [0.15, 0.2) is 0 Å². The summed E-state index contributed by atoms with van der Waals surface area (Å²) in [4.78, 5) is 14.6. The molecule has 1 saturated carbocycles. The predicted molar refractivity (Wildman–Crippen MR) is 82.1 cm³/mol. The van der Waals surface area contributed by atoms with E-state index in [2.05, 4.69) is 27.0 Å². The molecule has 1 aromatic rings. The third kappa shape index (κ3) is 2.87. The minimum atomic E-state index is 0.169. The number of amides is 1. The third-order valence-electron chi connectivity index (χ3n) is 4.87. The molecule has 1 aromatic heterocycles. The first-order valence-corrected chi connectivity index (χ1v) is 8.92. The van der Waals surface area contributed by atoms with Crippen LogP contribution >= 0.6 is 11.3 Å². The first-order valence-electron chi connectivity index (χ1n) is 7.98. The molecule has 1 N–H and O–H groups in total. The van der Waals surface area contributed by atoms with Gasteiger partial charge >= 0.3 is 0 Å². The topological polar surface area (TPSA) is 41.6 Å². The number of hydrogen-bond donors (Lipinski definition) is 1. The number of likely N-dealkylation sites (tertiary alicyclic amines) is 1. The average Bonchev–Trinajstić information content (AvgIpc) is 3.14. The van der Waals surface area contributed by atoms with Gasteiger partial charge in [0.05, 0.1) is 12.1 Å². The Morgan fingerprint density at radius 1 is 1.43 bits per heavy atom. The van der Waals surface area contributed by atoms with Crippen molar-refractivity contribution in [3.63, 3.8) is 0 Å². The average molecular weight is 306 g/mol. The second-order valence-electron chi connectivity index (χ2n) is 6.50. The van der Waals surface area contributed by atoms with Gasteiger partial charge in [-0.1, -0.05) is 0 Å². The Morgan fingerprint density at radius 2 is 2.33 bits per heavy atom. The van der Waals surface area contributed by atoms with Crippen molar-refractivity contribution in [2.45, 2.75) is 50.4 Å². The van der Waals surface area contributed by atoms with Gasteiger partial charge in [-0.2, -0.15) is 11.3 Å². The zero-order valence-electron chi connectivity index (χ0n) is 12.2. The van der Waals surface area contributed by atoms with E-state index in [1.807, 2.05) is 0 Å². The number of thiophene rings is 1. The second kappa shape index (κ2) is 5.71. The molecule has 3 aliphatic rings. The molecule has 0 bridgehead atoms. The summed E-state index contributed by atoms with van der Waals surface area (Å²) in [5, 5.41) is 7.60. The Bertz CT molecular complexity index is 500. The van der Waals surface area contributed by atoms with E-state index in [1.165, 1.54) is 12.0 Å². The fourth-order valence-electron chi connectivity index (χ4n) is 3.63. The molecule has 1 aliphatic carbocycles. The molecule has 5 heteroatoms. The molecular weight excluding hydrogens is 284 g/mol. The minimum absolute atomic E-state index is 0.169. The first kappa shape index (κ1) is 13.7. The molecule has 0 radical (unpaired) electrons. The summed E-state index contributed by atoms with van der Waals surface area (Å²) < 4.78 is 6.01. The van der Waals surface area contributed by atoms with Crippen molar-refractivity contribution < 1.29 is 9.53 Å². The van der Waals surface area contributed by atoms with Crippen LogP contribution in [0.15, 0.2) is 16.8 Å². The molecule has 2 saturated heterocycles.